The Labute approximate surface area is 98.7 Å². The lowest BCUT2D eigenvalue weighted by atomic mass is 10.0. The van der Waals surface area contributed by atoms with E-state index in [9.17, 15) is 9.90 Å². The maximum atomic E-state index is 11.8. The van der Waals surface area contributed by atoms with E-state index in [1.807, 2.05) is 6.07 Å². The number of hydrogen-bond acceptors (Lipinski definition) is 4. The van der Waals surface area contributed by atoms with Gasteiger partial charge in [-0.2, -0.15) is 5.10 Å². The summed E-state index contributed by atoms with van der Waals surface area (Å²) in [5, 5.41) is 13.7. The van der Waals surface area contributed by atoms with E-state index in [0.29, 0.717) is 11.4 Å². The molecule has 1 aromatic heterocycles. The van der Waals surface area contributed by atoms with Crippen LogP contribution in [0.15, 0.2) is 36.7 Å². The number of carbonyl (C=O) groups excluding carboxylic acids is 1. The van der Waals surface area contributed by atoms with Gasteiger partial charge in [0.05, 0.1) is 6.42 Å². The summed E-state index contributed by atoms with van der Waals surface area (Å²) in [6, 6.07) is 8.85. The summed E-state index contributed by atoms with van der Waals surface area (Å²) in [5.41, 5.74) is 0.597. The summed E-state index contributed by atoms with van der Waals surface area (Å²) in [4.78, 5) is 15.8. The average molecular weight is 231 g/mol. The molecule has 1 N–H and O–H groups in total. The summed E-state index contributed by atoms with van der Waals surface area (Å²) >= 11 is 0. The largest absolute Gasteiger partial charge is 0.381 e. The molecule has 17 heavy (non-hydrogen) atoms. The number of aliphatic hydroxyl groups excluding tert-OH is 1. The number of nitrogens with zero attached hydrogens (tertiary/aromatic N) is 3. The van der Waals surface area contributed by atoms with Crippen LogP contribution in [0.25, 0.3) is 0 Å². The van der Waals surface area contributed by atoms with Gasteiger partial charge in [0, 0.05) is 7.05 Å². The third kappa shape index (κ3) is 2.57. The molecule has 0 aliphatic carbocycles. The summed E-state index contributed by atoms with van der Waals surface area (Å²) in [6.07, 6.45) is 0.359. The highest BCUT2D eigenvalue weighted by Gasteiger charge is 2.19. The van der Waals surface area contributed by atoms with Crippen LogP contribution in [0.3, 0.4) is 0 Å². The van der Waals surface area contributed by atoms with Crippen molar-refractivity contribution in [2.75, 3.05) is 0 Å². The van der Waals surface area contributed by atoms with E-state index in [4.69, 9.17) is 0 Å². The number of carbonyl (C=O) groups is 1. The first-order chi connectivity index (χ1) is 8.18. The maximum absolute atomic E-state index is 11.8. The SMILES string of the molecule is Cn1ncnc1CC(=O)C(O)c1ccccc1. The molecule has 0 saturated heterocycles. The number of aliphatic hydroxyl groups is 1. The molecule has 0 amide bonds. The Kier molecular flexibility index (Phi) is 3.30. The fourth-order valence-corrected chi connectivity index (χ4v) is 1.55. The summed E-state index contributed by atoms with van der Waals surface area (Å²) in [6.45, 7) is 0. The Balaban J connectivity index is 2.09. The molecule has 0 saturated carbocycles. The molecule has 0 fully saturated rings. The van der Waals surface area contributed by atoms with Gasteiger partial charge in [-0.15, -0.1) is 0 Å². The van der Waals surface area contributed by atoms with Crippen LogP contribution in [0.5, 0.6) is 0 Å². The monoisotopic (exact) mass is 231 g/mol. The zero-order valence-corrected chi connectivity index (χ0v) is 9.45. The molecule has 0 bridgehead atoms. The smallest absolute Gasteiger partial charge is 0.173 e. The number of benzene rings is 1. The van der Waals surface area contributed by atoms with Gasteiger partial charge >= 0.3 is 0 Å². The van der Waals surface area contributed by atoms with Gasteiger partial charge in [-0.05, 0) is 5.56 Å². The van der Waals surface area contributed by atoms with Gasteiger partial charge in [-0.1, -0.05) is 30.3 Å². The molecular formula is C12H13N3O2. The van der Waals surface area contributed by atoms with Crippen LogP contribution >= 0.6 is 0 Å². The molecular weight excluding hydrogens is 218 g/mol. The molecule has 1 aromatic carbocycles. The molecule has 2 aromatic rings. The fourth-order valence-electron chi connectivity index (χ4n) is 1.55. The second-order valence-electron chi connectivity index (χ2n) is 3.76. The predicted molar refractivity (Wildman–Crippen MR) is 61.1 cm³/mol. The molecule has 0 spiro atoms. The van der Waals surface area contributed by atoms with E-state index in [2.05, 4.69) is 10.1 Å². The molecule has 2 rings (SSSR count). The summed E-state index contributed by atoms with van der Waals surface area (Å²) in [5.74, 6) is 0.261. The quantitative estimate of drug-likeness (QED) is 0.839. The second-order valence-corrected chi connectivity index (χ2v) is 3.76. The van der Waals surface area contributed by atoms with E-state index in [-0.39, 0.29) is 12.2 Å². The summed E-state index contributed by atoms with van der Waals surface area (Å²) in [7, 11) is 1.71. The van der Waals surface area contributed by atoms with E-state index in [0.717, 1.165) is 0 Å². The number of ketones is 1. The highest BCUT2D eigenvalue weighted by Crippen LogP contribution is 2.14. The van der Waals surface area contributed by atoms with Crippen LogP contribution in [0.4, 0.5) is 0 Å². The standard InChI is InChI=1S/C12H13N3O2/c1-15-11(13-8-14-15)7-10(16)12(17)9-5-3-2-4-6-9/h2-6,8,12,17H,7H2,1H3. The Bertz CT molecular complexity index is 507. The second kappa shape index (κ2) is 4.88. The number of rotatable bonds is 4. The first kappa shape index (κ1) is 11.5. The van der Waals surface area contributed by atoms with Gasteiger partial charge in [0.25, 0.3) is 0 Å². The van der Waals surface area contributed by atoms with Crippen molar-refractivity contribution in [2.24, 2.45) is 7.05 Å². The molecule has 1 heterocycles. The third-order valence-electron chi connectivity index (χ3n) is 2.56. The minimum absolute atomic E-state index is 0.0760. The third-order valence-corrected chi connectivity index (χ3v) is 2.56. The number of Topliss-reactive ketones (excluding diaryl/α,β-unsaturated/α-hetero) is 1. The van der Waals surface area contributed by atoms with Crippen molar-refractivity contribution in [3.05, 3.63) is 48.0 Å². The lowest BCUT2D eigenvalue weighted by molar-refractivity contribution is -0.126. The predicted octanol–water partition coefficient (Wildman–Crippen LogP) is 0.660. The van der Waals surface area contributed by atoms with Crippen molar-refractivity contribution in [1.82, 2.24) is 14.8 Å². The van der Waals surface area contributed by atoms with Crippen molar-refractivity contribution in [2.45, 2.75) is 12.5 Å². The first-order valence-corrected chi connectivity index (χ1v) is 5.27. The lowest BCUT2D eigenvalue weighted by Gasteiger charge is -2.09. The van der Waals surface area contributed by atoms with Gasteiger partial charge in [0.15, 0.2) is 5.78 Å². The van der Waals surface area contributed by atoms with Crippen molar-refractivity contribution in [1.29, 1.82) is 0 Å². The van der Waals surface area contributed by atoms with Crippen molar-refractivity contribution < 1.29 is 9.90 Å². The fraction of sp³-hybridized carbons (Fsp3) is 0.250. The van der Waals surface area contributed by atoms with Gasteiger partial charge in [-0.25, -0.2) is 4.98 Å². The zero-order valence-electron chi connectivity index (χ0n) is 9.45. The van der Waals surface area contributed by atoms with E-state index in [1.54, 1.807) is 31.3 Å². The first-order valence-electron chi connectivity index (χ1n) is 5.27. The summed E-state index contributed by atoms with van der Waals surface area (Å²) < 4.78 is 1.52. The average Bonchev–Trinajstić information content (AvgIpc) is 2.75. The molecule has 1 unspecified atom stereocenters. The van der Waals surface area contributed by atoms with Gasteiger partial charge < -0.3 is 5.11 Å². The lowest BCUT2D eigenvalue weighted by Crippen LogP contribution is -2.16. The molecule has 88 valence electrons. The maximum Gasteiger partial charge on any atom is 0.173 e. The Hall–Kier alpha value is -2.01. The molecule has 0 aliphatic rings. The van der Waals surface area contributed by atoms with Crippen molar-refractivity contribution in [3.8, 4) is 0 Å². The Morgan fingerprint density at radius 3 is 2.71 bits per heavy atom. The number of aromatic nitrogens is 3. The number of aryl methyl sites for hydroxylation is 1. The number of hydrogen-bond donors (Lipinski definition) is 1. The van der Waals surface area contributed by atoms with Crippen LogP contribution in [-0.4, -0.2) is 25.7 Å². The zero-order chi connectivity index (χ0) is 12.3. The van der Waals surface area contributed by atoms with Crippen LogP contribution in [-0.2, 0) is 18.3 Å². The van der Waals surface area contributed by atoms with Crippen molar-refractivity contribution in [3.63, 3.8) is 0 Å². The molecule has 0 radical (unpaired) electrons. The van der Waals surface area contributed by atoms with Gasteiger partial charge in [0.2, 0.25) is 0 Å². The minimum Gasteiger partial charge on any atom is -0.381 e. The van der Waals surface area contributed by atoms with E-state index >= 15 is 0 Å². The van der Waals surface area contributed by atoms with Gasteiger partial charge in [0.1, 0.15) is 18.3 Å². The van der Waals surface area contributed by atoms with Crippen molar-refractivity contribution >= 4 is 5.78 Å². The molecule has 5 heteroatoms. The van der Waals surface area contributed by atoms with E-state index in [1.165, 1.54) is 11.0 Å². The minimum atomic E-state index is -1.10. The van der Waals surface area contributed by atoms with E-state index < -0.39 is 6.10 Å². The highest BCUT2D eigenvalue weighted by molar-refractivity contribution is 5.85. The van der Waals surface area contributed by atoms with Crippen LogP contribution in [0, 0.1) is 0 Å². The molecule has 5 nitrogen and oxygen atoms in total. The van der Waals surface area contributed by atoms with Crippen LogP contribution < -0.4 is 0 Å². The van der Waals surface area contributed by atoms with Crippen LogP contribution in [0.1, 0.15) is 17.5 Å². The Morgan fingerprint density at radius 2 is 2.12 bits per heavy atom. The molecule has 0 aliphatic heterocycles. The normalized spacial score (nSPS) is 12.4. The highest BCUT2D eigenvalue weighted by atomic mass is 16.3. The Morgan fingerprint density at radius 1 is 1.41 bits per heavy atom. The van der Waals surface area contributed by atoms with Crippen LogP contribution in [0.2, 0.25) is 0 Å². The van der Waals surface area contributed by atoms with Gasteiger partial charge in [-0.3, -0.25) is 9.48 Å². The topological polar surface area (TPSA) is 68.0 Å². The molecule has 1 atom stereocenters.